The number of carboxylic acids is 1. The summed E-state index contributed by atoms with van der Waals surface area (Å²) in [5.41, 5.74) is -1.01. The Bertz CT molecular complexity index is 331. The number of rotatable bonds is 3. The molecule has 0 aromatic carbocycles. The van der Waals surface area contributed by atoms with Crippen LogP contribution in [0.25, 0.3) is 0 Å². The summed E-state index contributed by atoms with van der Waals surface area (Å²) in [5.74, 6) is 1.09. The molecule has 0 aromatic rings. The second kappa shape index (κ2) is 5.51. The Morgan fingerprint density at radius 2 is 1.94 bits per heavy atom. The predicted octanol–water partition coefficient (Wildman–Crippen LogP) is 1.89. The fourth-order valence-electron chi connectivity index (χ4n) is 2.75. The Morgan fingerprint density at radius 1 is 1.28 bits per heavy atom. The van der Waals surface area contributed by atoms with E-state index in [4.69, 9.17) is 0 Å². The normalized spacial score (nSPS) is 36.3. The zero-order valence-corrected chi connectivity index (χ0v) is 11.6. The lowest BCUT2D eigenvalue weighted by atomic mass is 9.82. The van der Waals surface area contributed by atoms with Crippen molar-refractivity contribution in [1.29, 1.82) is 0 Å². The smallest absolute Gasteiger partial charge is 0.330 e. The van der Waals surface area contributed by atoms with Crippen molar-refractivity contribution >= 4 is 23.6 Å². The second-order valence-corrected chi connectivity index (χ2v) is 6.74. The maximum Gasteiger partial charge on any atom is 0.330 e. The Hall–Kier alpha value is -0.710. The molecule has 1 aliphatic heterocycles. The lowest BCUT2D eigenvalue weighted by Gasteiger charge is -2.30. The highest BCUT2D eigenvalue weighted by Gasteiger charge is 2.44. The van der Waals surface area contributed by atoms with E-state index in [1.807, 2.05) is 0 Å². The molecule has 1 heterocycles. The average molecular weight is 271 g/mol. The minimum absolute atomic E-state index is 0.0167. The Morgan fingerprint density at radius 3 is 2.44 bits per heavy atom. The van der Waals surface area contributed by atoms with Gasteiger partial charge in [0.1, 0.15) is 5.54 Å². The first kappa shape index (κ1) is 13.7. The van der Waals surface area contributed by atoms with Crippen LogP contribution in [0.15, 0.2) is 0 Å². The molecule has 1 aliphatic carbocycles. The van der Waals surface area contributed by atoms with E-state index in [0.29, 0.717) is 18.1 Å². The molecule has 1 unspecified atom stereocenters. The van der Waals surface area contributed by atoms with Crippen molar-refractivity contribution in [2.75, 3.05) is 11.5 Å². The van der Waals surface area contributed by atoms with Gasteiger partial charge >= 0.3 is 5.97 Å². The van der Waals surface area contributed by atoms with Crippen molar-refractivity contribution in [3.8, 4) is 0 Å². The quantitative estimate of drug-likeness (QED) is 0.822. The number of amides is 1. The van der Waals surface area contributed by atoms with Crippen LogP contribution < -0.4 is 5.32 Å². The van der Waals surface area contributed by atoms with Gasteiger partial charge in [-0.2, -0.15) is 11.8 Å². The van der Waals surface area contributed by atoms with Gasteiger partial charge in [-0.15, -0.1) is 0 Å². The largest absolute Gasteiger partial charge is 0.479 e. The zero-order chi connectivity index (χ0) is 13.2. The summed E-state index contributed by atoms with van der Waals surface area (Å²) in [6.45, 7) is 2.21. The monoisotopic (exact) mass is 271 g/mol. The number of carbonyl (C=O) groups is 2. The molecule has 1 atom stereocenters. The van der Waals surface area contributed by atoms with Gasteiger partial charge in [0.2, 0.25) is 5.91 Å². The summed E-state index contributed by atoms with van der Waals surface area (Å²) < 4.78 is 0. The molecule has 1 amide bonds. The number of carboxylic acid groups (broad SMARTS) is 1. The minimum atomic E-state index is -1.01. The average Bonchev–Trinajstić information content (AvgIpc) is 2.79. The summed E-state index contributed by atoms with van der Waals surface area (Å²) in [6, 6.07) is 0. The van der Waals surface area contributed by atoms with Crippen LogP contribution in [0.1, 0.15) is 39.0 Å². The van der Waals surface area contributed by atoms with Crippen LogP contribution in [-0.4, -0.2) is 34.0 Å². The van der Waals surface area contributed by atoms with Crippen LogP contribution in [0, 0.1) is 11.8 Å². The van der Waals surface area contributed by atoms with Crippen molar-refractivity contribution in [2.24, 2.45) is 11.8 Å². The number of hydrogen-bond acceptors (Lipinski definition) is 3. The van der Waals surface area contributed by atoms with E-state index in [2.05, 4.69) is 12.2 Å². The Balaban J connectivity index is 1.95. The molecule has 5 heteroatoms. The third kappa shape index (κ3) is 2.82. The molecule has 2 fully saturated rings. The highest BCUT2D eigenvalue weighted by molar-refractivity contribution is 7.99. The summed E-state index contributed by atoms with van der Waals surface area (Å²) in [7, 11) is 0. The summed E-state index contributed by atoms with van der Waals surface area (Å²) >= 11 is 1.60. The van der Waals surface area contributed by atoms with Crippen LogP contribution in [0.3, 0.4) is 0 Å². The van der Waals surface area contributed by atoms with Crippen LogP contribution >= 0.6 is 11.8 Å². The van der Waals surface area contributed by atoms with E-state index < -0.39 is 11.5 Å². The van der Waals surface area contributed by atoms with Gasteiger partial charge in [0.25, 0.3) is 0 Å². The summed E-state index contributed by atoms with van der Waals surface area (Å²) in [5, 5.41) is 12.1. The molecule has 0 bridgehead atoms. The van der Waals surface area contributed by atoms with Gasteiger partial charge < -0.3 is 10.4 Å². The second-order valence-electron chi connectivity index (χ2n) is 5.64. The van der Waals surface area contributed by atoms with Crippen molar-refractivity contribution in [3.05, 3.63) is 0 Å². The van der Waals surface area contributed by atoms with Gasteiger partial charge in [0, 0.05) is 11.7 Å². The zero-order valence-electron chi connectivity index (χ0n) is 10.8. The molecule has 18 heavy (non-hydrogen) atoms. The van der Waals surface area contributed by atoms with Crippen LogP contribution in [0.5, 0.6) is 0 Å². The molecule has 0 spiro atoms. The van der Waals surface area contributed by atoms with Crippen molar-refractivity contribution in [1.82, 2.24) is 5.32 Å². The van der Waals surface area contributed by atoms with Crippen molar-refractivity contribution < 1.29 is 14.7 Å². The van der Waals surface area contributed by atoms with E-state index in [0.717, 1.165) is 31.4 Å². The highest BCUT2D eigenvalue weighted by Crippen LogP contribution is 2.32. The third-order valence-corrected chi connectivity index (χ3v) is 5.37. The SMILES string of the molecule is CC1CCC(C(=O)NC2(C(=O)O)CCSC2)CC1. The van der Waals surface area contributed by atoms with Gasteiger partial charge in [0.15, 0.2) is 0 Å². The lowest BCUT2D eigenvalue weighted by molar-refractivity contribution is -0.147. The topological polar surface area (TPSA) is 66.4 Å². The van der Waals surface area contributed by atoms with Gasteiger partial charge in [0.05, 0.1) is 0 Å². The maximum absolute atomic E-state index is 12.2. The Labute approximate surface area is 112 Å². The number of aliphatic carboxylic acids is 1. The van der Waals surface area contributed by atoms with E-state index in [1.165, 1.54) is 0 Å². The van der Waals surface area contributed by atoms with Gasteiger partial charge in [-0.05, 0) is 43.8 Å². The van der Waals surface area contributed by atoms with E-state index in [9.17, 15) is 14.7 Å². The molecule has 2 rings (SSSR count). The van der Waals surface area contributed by atoms with Crippen LogP contribution in [0.4, 0.5) is 0 Å². The van der Waals surface area contributed by atoms with Crippen LogP contribution in [-0.2, 0) is 9.59 Å². The molecule has 102 valence electrons. The highest BCUT2D eigenvalue weighted by atomic mass is 32.2. The fourth-order valence-corrected chi connectivity index (χ4v) is 4.07. The van der Waals surface area contributed by atoms with Crippen LogP contribution in [0.2, 0.25) is 0 Å². The first-order chi connectivity index (χ1) is 8.53. The first-order valence-electron chi connectivity index (χ1n) is 6.67. The number of hydrogen-bond donors (Lipinski definition) is 2. The summed E-state index contributed by atoms with van der Waals surface area (Å²) in [6.07, 6.45) is 4.49. The molecule has 0 radical (unpaired) electrons. The van der Waals surface area contributed by atoms with E-state index in [1.54, 1.807) is 11.8 Å². The fraction of sp³-hybridized carbons (Fsp3) is 0.846. The summed E-state index contributed by atoms with van der Waals surface area (Å²) in [4.78, 5) is 23.6. The molecular formula is C13H21NO3S. The number of nitrogens with one attached hydrogen (secondary N) is 1. The minimum Gasteiger partial charge on any atom is -0.479 e. The molecule has 2 N–H and O–H groups in total. The standard InChI is InChI=1S/C13H21NO3S/c1-9-2-4-10(5-3-9)11(15)14-13(12(16)17)6-7-18-8-13/h9-10H,2-8H2,1H3,(H,14,15)(H,16,17). The molecular weight excluding hydrogens is 250 g/mol. The van der Waals surface area contributed by atoms with Gasteiger partial charge in [-0.1, -0.05) is 6.92 Å². The van der Waals surface area contributed by atoms with Crippen molar-refractivity contribution in [3.63, 3.8) is 0 Å². The van der Waals surface area contributed by atoms with Gasteiger partial charge in [-0.3, -0.25) is 4.79 Å². The molecule has 2 aliphatic rings. The molecule has 1 saturated heterocycles. The Kier molecular flexibility index (Phi) is 4.20. The predicted molar refractivity (Wildman–Crippen MR) is 71.6 cm³/mol. The van der Waals surface area contributed by atoms with E-state index >= 15 is 0 Å². The molecule has 0 aromatic heterocycles. The number of carbonyl (C=O) groups excluding carboxylic acids is 1. The first-order valence-corrected chi connectivity index (χ1v) is 7.82. The molecule has 1 saturated carbocycles. The van der Waals surface area contributed by atoms with Gasteiger partial charge in [-0.25, -0.2) is 4.79 Å². The maximum atomic E-state index is 12.2. The lowest BCUT2D eigenvalue weighted by Crippen LogP contribution is -2.56. The molecule has 4 nitrogen and oxygen atoms in total. The van der Waals surface area contributed by atoms with E-state index in [-0.39, 0.29) is 11.8 Å². The van der Waals surface area contributed by atoms with Crippen molar-refractivity contribution in [2.45, 2.75) is 44.6 Å². The number of thioether (sulfide) groups is 1. The third-order valence-electron chi connectivity index (χ3n) is 4.18.